The number of aryl methyl sites for hydroxylation is 2. The maximum absolute atomic E-state index is 12.7. The molecule has 1 N–H and O–H groups in total. The number of nitro benzene ring substituents is 1. The van der Waals surface area contributed by atoms with E-state index >= 15 is 0 Å². The molecule has 0 radical (unpaired) electrons. The van der Waals surface area contributed by atoms with Crippen molar-refractivity contribution in [3.63, 3.8) is 0 Å². The van der Waals surface area contributed by atoms with Gasteiger partial charge in [0.15, 0.2) is 5.16 Å². The molecule has 0 bridgehead atoms. The summed E-state index contributed by atoms with van der Waals surface area (Å²) in [5, 5.41) is 23.3. The van der Waals surface area contributed by atoms with E-state index < -0.39 is 4.92 Å². The number of carbonyl (C=O) groups excluding carboxylic acids is 1. The van der Waals surface area contributed by atoms with Crippen LogP contribution in [0.5, 0.6) is 0 Å². The summed E-state index contributed by atoms with van der Waals surface area (Å²) in [7, 11) is 0. The number of nitro groups is 1. The van der Waals surface area contributed by atoms with Crippen LogP contribution in [0.2, 0.25) is 0 Å². The molecule has 1 aromatic heterocycles. The quantitative estimate of drug-likeness (QED) is 0.310. The molecule has 9 nitrogen and oxygen atoms in total. The first-order valence-corrected chi connectivity index (χ1v) is 11.9. The van der Waals surface area contributed by atoms with Crippen molar-refractivity contribution in [1.29, 1.82) is 0 Å². The van der Waals surface area contributed by atoms with E-state index in [0.29, 0.717) is 10.8 Å². The van der Waals surface area contributed by atoms with Crippen LogP contribution in [0.4, 0.5) is 17.3 Å². The van der Waals surface area contributed by atoms with Gasteiger partial charge in [0.1, 0.15) is 0 Å². The Labute approximate surface area is 196 Å². The maximum Gasteiger partial charge on any atom is 0.271 e. The number of aromatic nitrogens is 3. The van der Waals surface area contributed by atoms with Gasteiger partial charge in [-0.2, -0.15) is 0 Å². The number of nitrogens with one attached hydrogen (secondary N) is 1. The SMILES string of the molecule is Cc1ccc(-n2c(SCC(=O)Nc3cc([N+](=O)[O-])ccc3C)nnc2N2CCCCC2)cc1. The lowest BCUT2D eigenvalue weighted by Crippen LogP contribution is -2.31. The number of non-ortho nitro benzene ring substituents is 1. The van der Waals surface area contributed by atoms with E-state index in [-0.39, 0.29) is 17.3 Å². The normalized spacial score (nSPS) is 13.7. The zero-order valence-electron chi connectivity index (χ0n) is 18.7. The lowest BCUT2D eigenvalue weighted by atomic mass is 10.1. The minimum atomic E-state index is -0.476. The van der Waals surface area contributed by atoms with Gasteiger partial charge >= 0.3 is 0 Å². The number of hydrogen-bond acceptors (Lipinski definition) is 7. The van der Waals surface area contributed by atoms with Gasteiger partial charge in [-0.3, -0.25) is 19.5 Å². The summed E-state index contributed by atoms with van der Waals surface area (Å²) in [6.45, 7) is 5.70. The Morgan fingerprint density at radius 3 is 2.52 bits per heavy atom. The molecular weight excluding hydrogens is 440 g/mol. The molecule has 2 aromatic carbocycles. The molecule has 4 rings (SSSR count). The molecule has 1 aliphatic rings. The number of amides is 1. The maximum atomic E-state index is 12.7. The molecule has 0 spiro atoms. The third-order valence-corrected chi connectivity index (χ3v) is 6.51. The molecule has 0 saturated carbocycles. The van der Waals surface area contributed by atoms with Gasteiger partial charge in [0.2, 0.25) is 11.9 Å². The van der Waals surface area contributed by atoms with Gasteiger partial charge < -0.3 is 10.2 Å². The van der Waals surface area contributed by atoms with E-state index in [2.05, 4.69) is 20.4 Å². The van der Waals surface area contributed by atoms with Crippen molar-refractivity contribution in [2.75, 3.05) is 29.1 Å². The third-order valence-electron chi connectivity index (χ3n) is 5.59. The van der Waals surface area contributed by atoms with Gasteiger partial charge in [-0.1, -0.05) is 35.5 Å². The van der Waals surface area contributed by atoms with Crippen molar-refractivity contribution >= 4 is 35.0 Å². The predicted molar refractivity (Wildman–Crippen MR) is 129 cm³/mol. The highest BCUT2D eigenvalue weighted by Gasteiger charge is 2.22. The van der Waals surface area contributed by atoms with Crippen LogP contribution in [-0.2, 0) is 4.79 Å². The molecule has 172 valence electrons. The number of piperidine rings is 1. The Hall–Kier alpha value is -3.40. The number of thioether (sulfide) groups is 1. The Morgan fingerprint density at radius 2 is 1.82 bits per heavy atom. The number of carbonyl (C=O) groups is 1. The van der Waals surface area contributed by atoms with Crippen molar-refractivity contribution in [2.45, 2.75) is 38.3 Å². The smallest absolute Gasteiger partial charge is 0.271 e. The van der Waals surface area contributed by atoms with Crippen LogP contribution in [0.3, 0.4) is 0 Å². The summed E-state index contributed by atoms with van der Waals surface area (Å²) in [4.78, 5) is 25.5. The second kappa shape index (κ2) is 10.0. The van der Waals surface area contributed by atoms with Gasteiger partial charge in [-0.05, 0) is 50.8 Å². The summed E-state index contributed by atoms with van der Waals surface area (Å²) in [5.74, 6) is 0.629. The Balaban J connectivity index is 1.53. The molecule has 2 heterocycles. The van der Waals surface area contributed by atoms with Crippen molar-refractivity contribution in [3.05, 3.63) is 63.7 Å². The standard InChI is InChI=1S/C23H26N6O3S/c1-16-6-9-18(10-7-16)28-22(27-12-4-3-5-13-27)25-26-23(28)33-15-21(30)24-20-14-19(29(31)32)11-8-17(20)2/h6-11,14H,3-5,12-13,15H2,1-2H3,(H,24,30). The molecule has 33 heavy (non-hydrogen) atoms. The zero-order valence-corrected chi connectivity index (χ0v) is 19.5. The van der Waals surface area contributed by atoms with Gasteiger partial charge in [-0.15, -0.1) is 10.2 Å². The summed E-state index contributed by atoms with van der Waals surface area (Å²) < 4.78 is 2.00. The summed E-state index contributed by atoms with van der Waals surface area (Å²) >= 11 is 1.29. The van der Waals surface area contributed by atoms with E-state index in [4.69, 9.17) is 0 Å². The van der Waals surface area contributed by atoms with Crippen LogP contribution in [0.1, 0.15) is 30.4 Å². The molecule has 3 aromatic rings. The number of hydrogen-bond donors (Lipinski definition) is 1. The predicted octanol–water partition coefficient (Wildman–Crippen LogP) is 4.51. The minimum absolute atomic E-state index is 0.0613. The number of nitrogens with zero attached hydrogens (tertiary/aromatic N) is 5. The largest absolute Gasteiger partial charge is 0.341 e. The van der Waals surface area contributed by atoms with Crippen LogP contribution in [-0.4, -0.2) is 44.4 Å². The topological polar surface area (TPSA) is 106 Å². The summed E-state index contributed by atoms with van der Waals surface area (Å²) in [6.07, 6.45) is 3.45. The Kier molecular flexibility index (Phi) is 6.93. The fraction of sp³-hybridized carbons (Fsp3) is 0.348. The Morgan fingerprint density at radius 1 is 1.09 bits per heavy atom. The monoisotopic (exact) mass is 466 g/mol. The van der Waals surface area contributed by atoms with Gasteiger partial charge in [-0.25, -0.2) is 0 Å². The zero-order chi connectivity index (χ0) is 23.4. The first-order valence-electron chi connectivity index (χ1n) is 10.9. The first kappa shape index (κ1) is 22.8. The third kappa shape index (κ3) is 5.33. The molecule has 0 atom stereocenters. The fourth-order valence-electron chi connectivity index (χ4n) is 3.75. The average Bonchev–Trinajstić information content (AvgIpc) is 3.24. The van der Waals surface area contributed by atoms with E-state index in [9.17, 15) is 14.9 Å². The molecule has 0 aliphatic carbocycles. The van der Waals surface area contributed by atoms with Crippen LogP contribution >= 0.6 is 11.8 Å². The van der Waals surface area contributed by atoms with Crippen LogP contribution in [0.25, 0.3) is 5.69 Å². The summed E-state index contributed by atoms with van der Waals surface area (Å²) in [5.41, 5.74) is 3.24. The van der Waals surface area contributed by atoms with Gasteiger partial charge in [0.05, 0.1) is 22.1 Å². The highest BCUT2D eigenvalue weighted by Crippen LogP contribution is 2.29. The van der Waals surface area contributed by atoms with Crippen molar-refractivity contribution in [3.8, 4) is 5.69 Å². The average molecular weight is 467 g/mol. The van der Waals surface area contributed by atoms with Crippen molar-refractivity contribution in [1.82, 2.24) is 14.8 Å². The highest BCUT2D eigenvalue weighted by molar-refractivity contribution is 7.99. The number of rotatable bonds is 7. The molecule has 0 unspecified atom stereocenters. The summed E-state index contributed by atoms with van der Waals surface area (Å²) in [6, 6.07) is 12.6. The van der Waals surface area contributed by atoms with Crippen LogP contribution < -0.4 is 10.2 Å². The molecule has 1 aliphatic heterocycles. The highest BCUT2D eigenvalue weighted by atomic mass is 32.2. The fourth-order valence-corrected chi connectivity index (χ4v) is 4.50. The van der Waals surface area contributed by atoms with Crippen LogP contribution in [0, 0.1) is 24.0 Å². The lowest BCUT2D eigenvalue weighted by Gasteiger charge is -2.27. The minimum Gasteiger partial charge on any atom is -0.341 e. The van der Waals surface area contributed by atoms with Crippen molar-refractivity contribution < 1.29 is 9.72 Å². The second-order valence-electron chi connectivity index (χ2n) is 8.09. The van der Waals surface area contributed by atoms with E-state index in [1.165, 1.54) is 30.3 Å². The lowest BCUT2D eigenvalue weighted by molar-refractivity contribution is -0.384. The first-order chi connectivity index (χ1) is 15.9. The number of benzene rings is 2. The number of anilines is 2. The van der Waals surface area contributed by atoms with Gasteiger partial charge in [0, 0.05) is 25.2 Å². The second-order valence-corrected chi connectivity index (χ2v) is 9.04. The van der Waals surface area contributed by atoms with E-state index in [1.54, 1.807) is 13.0 Å². The Bertz CT molecular complexity index is 1160. The molecule has 1 amide bonds. The molecule has 1 saturated heterocycles. The van der Waals surface area contributed by atoms with Crippen LogP contribution in [0.15, 0.2) is 47.6 Å². The van der Waals surface area contributed by atoms with E-state index in [1.807, 2.05) is 35.8 Å². The van der Waals surface area contributed by atoms with E-state index in [0.717, 1.165) is 48.7 Å². The molecular formula is C23H26N6O3S. The molecule has 1 fully saturated rings. The molecule has 10 heteroatoms. The van der Waals surface area contributed by atoms with Gasteiger partial charge in [0.25, 0.3) is 5.69 Å². The van der Waals surface area contributed by atoms with Crippen molar-refractivity contribution in [2.24, 2.45) is 0 Å².